The Morgan fingerprint density at radius 1 is 1.36 bits per heavy atom. The quantitative estimate of drug-likeness (QED) is 0.705. The first-order valence-corrected chi connectivity index (χ1v) is 4.11. The first kappa shape index (κ1) is 11.3. The van der Waals surface area contributed by atoms with Crippen molar-refractivity contribution in [3.8, 4) is 0 Å². The van der Waals surface area contributed by atoms with E-state index < -0.39 is 9.70 Å². The van der Waals surface area contributed by atoms with Gasteiger partial charge < -0.3 is 5.32 Å². The van der Waals surface area contributed by atoms with E-state index in [9.17, 15) is 4.79 Å². The van der Waals surface area contributed by atoms with E-state index in [1.807, 2.05) is 13.8 Å². The molecule has 0 aromatic rings. The number of carbonyl (C=O) groups excluding carboxylic acids is 1. The maximum absolute atomic E-state index is 10.8. The normalized spacial score (nSPS) is 11.8. The minimum absolute atomic E-state index is 0.437. The zero-order valence-electron chi connectivity index (χ0n) is 6.25. The molecule has 1 N–H and O–H groups in total. The minimum Gasteiger partial charge on any atom is -0.352 e. The third-order valence-corrected chi connectivity index (χ3v) is 1.37. The standard InChI is InChI=1S/C6H9Cl3NO/c1-4(2)3-10-5(11)6(7,8)9/h3H2,1-2H3,(H,10,11). The van der Waals surface area contributed by atoms with Gasteiger partial charge in [-0.25, -0.2) is 0 Å². The van der Waals surface area contributed by atoms with Gasteiger partial charge in [0.2, 0.25) is 0 Å². The van der Waals surface area contributed by atoms with Crippen LogP contribution in [0.15, 0.2) is 0 Å². The Morgan fingerprint density at radius 2 is 1.82 bits per heavy atom. The topological polar surface area (TPSA) is 29.1 Å². The van der Waals surface area contributed by atoms with Crippen molar-refractivity contribution in [1.82, 2.24) is 5.32 Å². The highest BCUT2D eigenvalue weighted by atomic mass is 35.6. The van der Waals surface area contributed by atoms with Crippen LogP contribution in [0.1, 0.15) is 13.8 Å². The number of hydrogen-bond acceptors (Lipinski definition) is 1. The van der Waals surface area contributed by atoms with Gasteiger partial charge in [-0.15, -0.1) is 0 Å². The highest BCUT2D eigenvalue weighted by Crippen LogP contribution is 2.25. The molecule has 0 rings (SSSR count). The molecule has 0 aliphatic heterocycles. The summed E-state index contributed by atoms with van der Waals surface area (Å²) in [5.41, 5.74) is 0. The third-order valence-electron chi connectivity index (χ3n) is 0.860. The van der Waals surface area contributed by atoms with Crippen molar-refractivity contribution in [3.05, 3.63) is 5.92 Å². The van der Waals surface area contributed by atoms with E-state index >= 15 is 0 Å². The summed E-state index contributed by atoms with van der Waals surface area (Å²) in [7, 11) is 0. The molecule has 0 aliphatic rings. The van der Waals surface area contributed by atoms with Gasteiger partial charge in [0.1, 0.15) is 0 Å². The molecular weight excluding hydrogens is 208 g/mol. The smallest absolute Gasteiger partial charge is 0.272 e. The summed E-state index contributed by atoms with van der Waals surface area (Å²) >= 11 is 15.8. The van der Waals surface area contributed by atoms with Crippen LogP contribution < -0.4 is 5.32 Å². The maximum atomic E-state index is 10.8. The van der Waals surface area contributed by atoms with Crippen LogP contribution in [0.3, 0.4) is 0 Å². The second-order valence-electron chi connectivity index (χ2n) is 2.39. The molecule has 5 heteroatoms. The Hall–Kier alpha value is 0.340. The Bertz CT molecular complexity index is 141. The molecule has 0 saturated heterocycles. The highest BCUT2D eigenvalue weighted by molar-refractivity contribution is 6.76. The van der Waals surface area contributed by atoms with Crippen LogP contribution in [0.5, 0.6) is 0 Å². The molecular formula is C6H9Cl3NO. The van der Waals surface area contributed by atoms with E-state index in [0.29, 0.717) is 6.54 Å². The van der Waals surface area contributed by atoms with Crippen LogP contribution in [-0.4, -0.2) is 16.2 Å². The Labute approximate surface area is 81.2 Å². The van der Waals surface area contributed by atoms with E-state index in [2.05, 4.69) is 5.32 Å². The molecule has 0 saturated carbocycles. The lowest BCUT2D eigenvalue weighted by Gasteiger charge is -2.12. The minimum atomic E-state index is -1.85. The number of nitrogens with one attached hydrogen (secondary N) is 1. The molecule has 0 atom stereocenters. The summed E-state index contributed by atoms with van der Waals surface area (Å²) in [5, 5.41) is 2.45. The van der Waals surface area contributed by atoms with Gasteiger partial charge in [-0.2, -0.15) is 0 Å². The van der Waals surface area contributed by atoms with E-state index in [4.69, 9.17) is 34.8 Å². The van der Waals surface area contributed by atoms with Crippen LogP contribution in [-0.2, 0) is 4.79 Å². The molecule has 0 unspecified atom stereocenters. The fourth-order valence-corrected chi connectivity index (χ4v) is 0.558. The molecule has 0 bridgehead atoms. The van der Waals surface area contributed by atoms with Crippen molar-refractivity contribution in [2.45, 2.75) is 17.6 Å². The van der Waals surface area contributed by atoms with Crippen molar-refractivity contribution >= 4 is 40.7 Å². The van der Waals surface area contributed by atoms with Gasteiger partial charge in [0.15, 0.2) is 0 Å². The number of rotatable bonds is 2. The Balaban J connectivity index is 3.71. The second kappa shape index (κ2) is 4.39. The van der Waals surface area contributed by atoms with E-state index in [0.717, 1.165) is 5.92 Å². The first-order chi connectivity index (χ1) is 4.84. The molecule has 0 aromatic carbocycles. The summed E-state index contributed by atoms with van der Waals surface area (Å²) in [5.74, 6) is 0.455. The highest BCUT2D eigenvalue weighted by Gasteiger charge is 2.30. The Kier molecular flexibility index (Phi) is 4.52. The van der Waals surface area contributed by atoms with Gasteiger partial charge in [-0.1, -0.05) is 48.7 Å². The summed E-state index contributed by atoms with van der Waals surface area (Å²) in [6.07, 6.45) is 0. The molecule has 0 aliphatic carbocycles. The molecule has 0 spiro atoms. The zero-order valence-corrected chi connectivity index (χ0v) is 8.52. The lowest BCUT2D eigenvalue weighted by atomic mass is 10.2. The van der Waals surface area contributed by atoms with Crippen LogP contribution >= 0.6 is 34.8 Å². The van der Waals surface area contributed by atoms with Crippen molar-refractivity contribution in [1.29, 1.82) is 0 Å². The summed E-state index contributed by atoms with van der Waals surface area (Å²) in [6.45, 7) is 4.18. The van der Waals surface area contributed by atoms with Gasteiger partial charge in [-0.3, -0.25) is 4.79 Å². The number of alkyl halides is 3. The lowest BCUT2D eigenvalue weighted by molar-refractivity contribution is -0.120. The molecule has 0 aromatic heterocycles. The molecule has 1 amide bonds. The Morgan fingerprint density at radius 3 is 2.09 bits per heavy atom. The summed E-state index contributed by atoms with van der Waals surface area (Å²) in [6, 6.07) is 0. The predicted octanol–water partition coefficient (Wildman–Crippen LogP) is 2.09. The maximum Gasteiger partial charge on any atom is 0.272 e. The molecule has 0 heterocycles. The fraction of sp³-hybridized carbons (Fsp3) is 0.667. The number of carbonyl (C=O) groups is 1. The third kappa shape index (κ3) is 5.59. The van der Waals surface area contributed by atoms with E-state index in [1.165, 1.54) is 0 Å². The monoisotopic (exact) mass is 216 g/mol. The molecule has 65 valence electrons. The zero-order chi connectivity index (χ0) is 9.07. The largest absolute Gasteiger partial charge is 0.352 e. The molecule has 0 fully saturated rings. The molecule has 2 nitrogen and oxygen atoms in total. The summed E-state index contributed by atoms with van der Waals surface area (Å²) < 4.78 is -1.85. The summed E-state index contributed by atoms with van der Waals surface area (Å²) in [4.78, 5) is 10.8. The first-order valence-electron chi connectivity index (χ1n) is 2.98. The number of halogens is 3. The van der Waals surface area contributed by atoms with Gasteiger partial charge in [0.05, 0.1) is 0 Å². The van der Waals surface area contributed by atoms with Crippen molar-refractivity contribution in [2.75, 3.05) is 6.54 Å². The average molecular weight is 218 g/mol. The van der Waals surface area contributed by atoms with Gasteiger partial charge in [0.25, 0.3) is 9.70 Å². The molecule has 1 radical (unpaired) electrons. The average Bonchev–Trinajstić information content (AvgIpc) is 1.80. The fourth-order valence-electron chi connectivity index (χ4n) is 0.357. The lowest BCUT2D eigenvalue weighted by Crippen LogP contribution is -2.36. The van der Waals surface area contributed by atoms with Crippen molar-refractivity contribution in [2.24, 2.45) is 0 Å². The predicted molar refractivity (Wildman–Crippen MR) is 47.9 cm³/mol. The van der Waals surface area contributed by atoms with Crippen molar-refractivity contribution in [3.63, 3.8) is 0 Å². The molecule has 11 heavy (non-hydrogen) atoms. The van der Waals surface area contributed by atoms with Crippen LogP contribution in [0.25, 0.3) is 0 Å². The van der Waals surface area contributed by atoms with Crippen molar-refractivity contribution < 1.29 is 4.79 Å². The van der Waals surface area contributed by atoms with Gasteiger partial charge in [0, 0.05) is 6.54 Å². The number of hydrogen-bond donors (Lipinski definition) is 1. The van der Waals surface area contributed by atoms with E-state index in [1.54, 1.807) is 0 Å². The van der Waals surface area contributed by atoms with E-state index in [-0.39, 0.29) is 0 Å². The van der Waals surface area contributed by atoms with Gasteiger partial charge >= 0.3 is 0 Å². The second-order valence-corrected chi connectivity index (χ2v) is 4.67. The SMILES string of the molecule is C[C](C)CNC(=O)C(Cl)(Cl)Cl. The van der Waals surface area contributed by atoms with Crippen LogP contribution in [0.2, 0.25) is 0 Å². The van der Waals surface area contributed by atoms with Crippen LogP contribution in [0.4, 0.5) is 0 Å². The number of amides is 1. The van der Waals surface area contributed by atoms with Gasteiger partial charge in [-0.05, 0) is 5.92 Å². The van der Waals surface area contributed by atoms with Crippen LogP contribution in [0, 0.1) is 5.92 Å².